The Morgan fingerprint density at radius 1 is 1.07 bits per heavy atom. The van der Waals surface area contributed by atoms with Crippen molar-refractivity contribution in [3.05, 3.63) is 81.8 Å². The standard InChI is InChI=1S/C21H19N3O4/c1-13-6-4-5-7-17(13)24-19(26)12-18(28-3)20(23-24)21(27)22-16-10-8-15(9-11-16)14(2)25/h4-12H,1-3H3,(H,22,27). The highest BCUT2D eigenvalue weighted by Gasteiger charge is 2.19. The first-order valence-corrected chi connectivity index (χ1v) is 8.57. The summed E-state index contributed by atoms with van der Waals surface area (Å²) in [6.07, 6.45) is 0. The highest BCUT2D eigenvalue weighted by molar-refractivity contribution is 6.05. The van der Waals surface area contributed by atoms with Crippen LogP contribution in [0.15, 0.2) is 59.4 Å². The molecule has 7 heteroatoms. The molecule has 0 fully saturated rings. The summed E-state index contributed by atoms with van der Waals surface area (Å²) in [5, 5.41) is 6.93. The van der Waals surface area contributed by atoms with Crippen LogP contribution in [-0.4, -0.2) is 28.6 Å². The van der Waals surface area contributed by atoms with E-state index in [2.05, 4.69) is 10.4 Å². The molecule has 28 heavy (non-hydrogen) atoms. The summed E-state index contributed by atoms with van der Waals surface area (Å²) in [5.41, 5.74) is 2.02. The number of aromatic nitrogens is 2. The molecule has 0 aliphatic heterocycles. The number of aryl methyl sites for hydroxylation is 1. The normalized spacial score (nSPS) is 10.4. The Hall–Kier alpha value is -3.74. The summed E-state index contributed by atoms with van der Waals surface area (Å²) in [7, 11) is 1.37. The van der Waals surface area contributed by atoms with Gasteiger partial charge in [-0.3, -0.25) is 14.4 Å². The highest BCUT2D eigenvalue weighted by Crippen LogP contribution is 2.18. The fourth-order valence-electron chi connectivity index (χ4n) is 2.71. The van der Waals surface area contributed by atoms with Gasteiger partial charge in [-0.25, -0.2) is 0 Å². The van der Waals surface area contributed by atoms with Gasteiger partial charge in [-0.15, -0.1) is 0 Å². The lowest BCUT2D eigenvalue weighted by atomic mass is 10.1. The predicted molar refractivity (Wildman–Crippen MR) is 106 cm³/mol. The van der Waals surface area contributed by atoms with Crippen molar-refractivity contribution in [1.29, 1.82) is 0 Å². The monoisotopic (exact) mass is 377 g/mol. The molecule has 3 rings (SSSR count). The molecule has 1 N–H and O–H groups in total. The minimum atomic E-state index is -0.533. The molecular weight excluding hydrogens is 358 g/mol. The summed E-state index contributed by atoms with van der Waals surface area (Å²) in [6.45, 7) is 3.32. The van der Waals surface area contributed by atoms with E-state index in [0.717, 1.165) is 5.56 Å². The van der Waals surface area contributed by atoms with E-state index in [-0.39, 0.29) is 17.2 Å². The Balaban J connectivity index is 1.99. The van der Waals surface area contributed by atoms with Crippen molar-refractivity contribution in [2.24, 2.45) is 0 Å². The van der Waals surface area contributed by atoms with Crippen molar-refractivity contribution >= 4 is 17.4 Å². The molecule has 0 unspecified atom stereocenters. The number of anilines is 1. The molecule has 142 valence electrons. The maximum absolute atomic E-state index is 12.8. The Bertz CT molecular complexity index is 1100. The van der Waals surface area contributed by atoms with Crippen LogP contribution in [0.1, 0.15) is 33.3 Å². The number of hydrogen-bond donors (Lipinski definition) is 1. The number of carbonyl (C=O) groups is 2. The van der Waals surface area contributed by atoms with Crippen LogP contribution in [0, 0.1) is 6.92 Å². The minimum absolute atomic E-state index is 0.0269. The number of Topliss-reactive ketones (excluding diaryl/α,β-unsaturated/α-hetero) is 1. The first-order valence-electron chi connectivity index (χ1n) is 8.57. The molecule has 0 saturated carbocycles. The number of rotatable bonds is 5. The number of methoxy groups -OCH3 is 1. The van der Waals surface area contributed by atoms with Crippen LogP contribution >= 0.6 is 0 Å². The van der Waals surface area contributed by atoms with Crippen molar-refractivity contribution in [3.63, 3.8) is 0 Å². The lowest BCUT2D eigenvalue weighted by Crippen LogP contribution is -2.26. The Morgan fingerprint density at radius 3 is 2.36 bits per heavy atom. The van der Waals surface area contributed by atoms with Gasteiger partial charge in [0, 0.05) is 11.3 Å². The molecule has 1 aromatic heterocycles. The van der Waals surface area contributed by atoms with E-state index in [1.807, 2.05) is 19.1 Å². The summed E-state index contributed by atoms with van der Waals surface area (Å²) in [5.74, 6) is -0.519. The molecule has 0 atom stereocenters. The second-order valence-electron chi connectivity index (χ2n) is 6.19. The number of carbonyl (C=O) groups excluding carboxylic acids is 2. The van der Waals surface area contributed by atoms with Gasteiger partial charge >= 0.3 is 0 Å². The van der Waals surface area contributed by atoms with Gasteiger partial charge in [0.2, 0.25) is 0 Å². The van der Waals surface area contributed by atoms with Gasteiger partial charge in [-0.2, -0.15) is 9.78 Å². The maximum Gasteiger partial charge on any atom is 0.279 e. The molecule has 1 heterocycles. The van der Waals surface area contributed by atoms with Crippen molar-refractivity contribution < 1.29 is 14.3 Å². The molecule has 0 saturated heterocycles. The van der Waals surface area contributed by atoms with E-state index >= 15 is 0 Å². The molecule has 0 aliphatic carbocycles. The summed E-state index contributed by atoms with van der Waals surface area (Å²) < 4.78 is 6.35. The molecule has 3 aromatic rings. The number of nitrogens with one attached hydrogen (secondary N) is 1. The maximum atomic E-state index is 12.8. The second-order valence-corrected chi connectivity index (χ2v) is 6.19. The van der Waals surface area contributed by atoms with Crippen LogP contribution in [-0.2, 0) is 0 Å². The lowest BCUT2D eigenvalue weighted by Gasteiger charge is -2.13. The van der Waals surface area contributed by atoms with Gasteiger partial charge in [0.1, 0.15) is 0 Å². The average Bonchev–Trinajstić information content (AvgIpc) is 2.68. The van der Waals surface area contributed by atoms with E-state index in [1.54, 1.807) is 36.4 Å². The summed E-state index contributed by atoms with van der Waals surface area (Å²) in [6, 6.07) is 15.0. The summed E-state index contributed by atoms with van der Waals surface area (Å²) >= 11 is 0. The zero-order valence-corrected chi connectivity index (χ0v) is 15.7. The molecule has 0 radical (unpaired) electrons. The van der Waals surface area contributed by atoms with Crippen LogP contribution in [0.25, 0.3) is 5.69 Å². The molecule has 2 aromatic carbocycles. The zero-order chi connectivity index (χ0) is 20.3. The first kappa shape index (κ1) is 19.0. The van der Waals surface area contributed by atoms with E-state index in [4.69, 9.17) is 4.74 Å². The van der Waals surface area contributed by atoms with Gasteiger partial charge in [0.15, 0.2) is 17.2 Å². The van der Waals surface area contributed by atoms with Gasteiger partial charge < -0.3 is 10.1 Å². The van der Waals surface area contributed by atoms with Crippen LogP contribution in [0.5, 0.6) is 5.75 Å². The number of hydrogen-bond acceptors (Lipinski definition) is 5. The smallest absolute Gasteiger partial charge is 0.279 e. The Kier molecular flexibility index (Phi) is 5.35. The Labute approximate surface area is 161 Å². The third kappa shape index (κ3) is 3.83. The second kappa shape index (κ2) is 7.87. The largest absolute Gasteiger partial charge is 0.494 e. The SMILES string of the molecule is COc1cc(=O)n(-c2ccccc2C)nc1C(=O)Nc1ccc(C(C)=O)cc1. The fraction of sp³-hybridized carbons (Fsp3) is 0.143. The topological polar surface area (TPSA) is 90.3 Å². The average molecular weight is 377 g/mol. The Morgan fingerprint density at radius 2 is 1.75 bits per heavy atom. The molecule has 0 aliphatic rings. The van der Waals surface area contributed by atoms with Crippen molar-refractivity contribution in [3.8, 4) is 11.4 Å². The third-order valence-corrected chi connectivity index (χ3v) is 4.22. The fourth-order valence-corrected chi connectivity index (χ4v) is 2.71. The molecule has 7 nitrogen and oxygen atoms in total. The number of amides is 1. The van der Waals surface area contributed by atoms with Crippen LogP contribution in [0.2, 0.25) is 0 Å². The number of nitrogens with zero attached hydrogens (tertiary/aromatic N) is 2. The number of ether oxygens (including phenoxy) is 1. The van der Waals surface area contributed by atoms with Gasteiger partial charge in [-0.05, 0) is 49.7 Å². The van der Waals surface area contributed by atoms with Crippen LogP contribution in [0.3, 0.4) is 0 Å². The molecule has 0 spiro atoms. The zero-order valence-electron chi connectivity index (χ0n) is 15.7. The van der Waals surface area contributed by atoms with E-state index in [9.17, 15) is 14.4 Å². The lowest BCUT2D eigenvalue weighted by molar-refractivity contribution is 0.101. The van der Waals surface area contributed by atoms with Crippen LogP contribution in [0.4, 0.5) is 5.69 Å². The number of para-hydroxylation sites is 1. The van der Waals surface area contributed by atoms with Crippen molar-refractivity contribution in [2.75, 3.05) is 12.4 Å². The molecule has 0 bridgehead atoms. The minimum Gasteiger partial charge on any atom is -0.494 e. The quantitative estimate of drug-likeness (QED) is 0.690. The van der Waals surface area contributed by atoms with Crippen molar-refractivity contribution in [2.45, 2.75) is 13.8 Å². The van der Waals surface area contributed by atoms with Gasteiger partial charge in [-0.1, -0.05) is 18.2 Å². The van der Waals surface area contributed by atoms with Crippen molar-refractivity contribution in [1.82, 2.24) is 9.78 Å². The number of benzene rings is 2. The molecule has 1 amide bonds. The third-order valence-electron chi connectivity index (χ3n) is 4.22. The highest BCUT2D eigenvalue weighted by atomic mass is 16.5. The van der Waals surface area contributed by atoms with E-state index < -0.39 is 11.5 Å². The number of ketones is 1. The van der Waals surface area contributed by atoms with Gasteiger partial charge in [0.05, 0.1) is 18.9 Å². The molecular formula is C21H19N3O4. The van der Waals surface area contributed by atoms with Gasteiger partial charge in [0.25, 0.3) is 11.5 Å². The predicted octanol–water partition coefficient (Wildman–Crippen LogP) is 3.00. The summed E-state index contributed by atoms with van der Waals surface area (Å²) in [4.78, 5) is 36.6. The van der Waals surface area contributed by atoms with E-state index in [0.29, 0.717) is 16.9 Å². The first-order chi connectivity index (χ1) is 13.4. The van der Waals surface area contributed by atoms with Crippen LogP contribution < -0.4 is 15.6 Å². The van der Waals surface area contributed by atoms with E-state index in [1.165, 1.54) is 24.8 Å².